The number of nitrogens with two attached hydrogens (primary N) is 1. The number of amides is 1. The number of aliphatic hydroxyl groups is 1. The SMILES string of the molecule is CC(=O)C=Cc1ccc(O)c2c1C[C@H]1C[C@H]3[C@H](N(C)C)C(=O)C(C(N)=O)C(=O)[C@@]3(O)C(=O)C1C2=O. The Hall–Kier alpha value is -3.50. The predicted molar refractivity (Wildman–Crippen MR) is 121 cm³/mol. The predicted octanol–water partition coefficient (Wildman–Crippen LogP) is -0.531. The van der Waals surface area contributed by atoms with Gasteiger partial charge in [0, 0.05) is 5.92 Å². The molecule has 0 saturated heterocycles. The summed E-state index contributed by atoms with van der Waals surface area (Å²) in [6.07, 6.45) is 2.94. The molecule has 1 amide bonds. The lowest BCUT2D eigenvalue weighted by Crippen LogP contribution is -2.74. The van der Waals surface area contributed by atoms with Crippen LogP contribution in [0.2, 0.25) is 0 Å². The number of allylic oxidation sites excluding steroid dienone is 1. The standard InChI is InChI=1S/C25H26N2O8/c1-10(28)4-5-11-6-7-15(29)17-13(11)8-12-9-14-19(27(2)3)21(31)18(24(26)34)23(33)25(14,35)22(32)16(12)20(17)30/h4-7,12,14,16,18-19,29,35H,8-9H2,1-3H3,(H2,26,34)/t12-,14-,16?,18?,19-,25-/m0/s1. The molecule has 3 aliphatic carbocycles. The average molecular weight is 482 g/mol. The summed E-state index contributed by atoms with van der Waals surface area (Å²) in [6, 6.07) is 1.67. The van der Waals surface area contributed by atoms with Gasteiger partial charge < -0.3 is 15.9 Å². The Bertz CT molecular complexity index is 1230. The number of primary amides is 1. The summed E-state index contributed by atoms with van der Waals surface area (Å²) in [5, 5.41) is 22.0. The third kappa shape index (κ3) is 3.47. The largest absolute Gasteiger partial charge is 0.507 e. The second kappa shape index (κ2) is 8.31. The van der Waals surface area contributed by atoms with Crippen LogP contribution in [0.5, 0.6) is 5.75 Å². The Morgan fingerprint density at radius 2 is 1.80 bits per heavy atom. The summed E-state index contributed by atoms with van der Waals surface area (Å²) in [4.78, 5) is 78.3. The third-order valence-corrected chi connectivity index (χ3v) is 7.48. The second-order valence-electron chi connectivity index (χ2n) is 9.76. The van der Waals surface area contributed by atoms with Gasteiger partial charge in [0.1, 0.15) is 5.75 Å². The van der Waals surface area contributed by atoms with E-state index in [1.807, 2.05) is 0 Å². The minimum atomic E-state index is -2.75. The number of carbonyl (C=O) groups is 6. The summed E-state index contributed by atoms with van der Waals surface area (Å²) in [5.74, 6) is -11.1. The highest BCUT2D eigenvalue weighted by Gasteiger charge is 2.69. The Morgan fingerprint density at radius 3 is 2.37 bits per heavy atom. The third-order valence-electron chi connectivity index (χ3n) is 7.48. The van der Waals surface area contributed by atoms with E-state index in [0.717, 1.165) is 0 Å². The molecule has 2 fully saturated rings. The molecule has 10 heteroatoms. The molecule has 2 unspecified atom stereocenters. The first-order chi connectivity index (χ1) is 16.3. The average Bonchev–Trinajstić information content (AvgIpc) is 2.75. The van der Waals surface area contributed by atoms with E-state index in [1.165, 1.54) is 44.1 Å². The van der Waals surface area contributed by atoms with E-state index in [2.05, 4.69) is 0 Å². The summed E-state index contributed by atoms with van der Waals surface area (Å²) >= 11 is 0. The van der Waals surface area contributed by atoms with Crippen LogP contribution < -0.4 is 5.73 Å². The second-order valence-corrected chi connectivity index (χ2v) is 9.76. The molecule has 1 aromatic rings. The minimum absolute atomic E-state index is 0.0323. The van der Waals surface area contributed by atoms with Crippen LogP contribution in [0, 0.1) is 23.7 Å². The molecule has 10 nitrogen and oxygen atoms in total. The van der Waals surface area contributed by atoms with E-state index < -0.39 is 64.4 Å². The van der Waals surface area contributed by atoms with Crippen molar-refractivity contribution < 1.29 is 39.0 Å². The van der Waals surface area contributed by atoms with Gasteiger partial charge in [-0.2, -0.15) is 0 Å². The number of aromatic hydroxyl groups is 1. The lowest BCUT2D eigenvalue weighted by Gasteiger charge is -2.52. The maximum absolute atomic E-state index is 13.7. The molecule has 3 aliphatic rings. The molecular weight excluding hydrogens is 456 g/mol. The van der Waals surface area contributed by atoms with Gasteiger partial charge in [-0.15, -0.1) is 0 Å². The number of ketones is 5. The smallest absolute Gasteiger partial charge is 0.235 e. The molecule has 0 heterocycles. The van der Waals surface area contributed by atoms with Gasteiger partial charge in [-0.05, 0) is 63.0 Å². The Kier molecular flexibility index (Phi) is 5.85. The molecule has 0 spiro atoms. The highest BCUT2D eigenvalue weighted by Crippen LogP contribution is 2.51. The summed E-state index contributed by atoms with van der Waals surface area (Å²) in [6.45, 7) is 1.36. The van der Waals surface area contributed by atoms with Crippen LogP contribution in [-0.2, 0) is 30.4 Å². The van der Waals surface area contributed by atoms with E-state index in [4.69, 9.17) is 5.73 Å². The van der Waals surface area contributed by atoms with E-state index >= 15 is 0 Å². The molecule has 2 saturated carbocycles. The van der Waals surface area contributed by atoms with E-state index in [-0.39, 0.29) is 29.9 Å². The van der Waals surface area contributed by atoms with Crippen LogP contribution in [0.4, 0.5) is 0 Å². The molecule has 4 rings (SSSR count). The Balaban J connectivity index is 1.87. The fourth-order valence-corrected chi connectivity index (χ4v) is 5.99. The van der Waals surface area contributed by atoms with Gasteiger partial charge in [-0.3, -0.25) is 33.7 Å². The number of hydrogen-bond donors (Lipinski definition) is 3. The number of nitrogens with zero attached hydrogens (tertiary/aromatic N) is 1. The number of likely N-dealkylation sites (N-methyl/N-ethyl adjacent to an activating group) is 1. The molecule has 0 aromatic heterocycles. The van der Waals surface area contributed by atoms with Crippen molar-refractivity contribution >= 4 is 40.9 Å². The fraction of sp³-hybridized carbons (Fsp3) is 0.440. The Morgan fingerprint density at radius 1 is 1.14 bits per heavy atom. The summed E-state index contributed by atoms with van der Waals surface area (Å²) in [7, 11) is 3.05. The first-order valence-corrected chi connectivity index (χ1v) is 11.2. The van der Waals surface area contributed by atoms with Crippen molar-refractivity contribution in [3.63, 3.8) is 0 Å². The highest BCUT2D eigenvalue weighted by atomic mass is 16.3. The maximum Gasteiger partial charge on any atom is 0.235 e. The number of Topliss-reactive ketones (excluding diaryl/α,β-unsaturated/α-hetero) is 4. The van der Waals surface area contributed by atoms with Crippen molar-refractivity contribution in [3.05, 3.63) is 34.9 Å². The lowest BCUT2D eigenvalue weighted by molar-refractivity contribution is -0.181. The number of carbonyl (C=O) groups excluding carboxylic acids is 6. The first-order valence-electron chi connectivity index (χ1n) is 11.2. The van der Waals surface area contributed by atoms with E-state index in [1.54, 1.807) is 6.07 Å². The van der Waals surface area contributed by atoms with Crippen molar-refractivity contribution in [2.24, 2.45) is 29.4 Å². The summed E-state index contributed by atoms with van der Waals surface area (Å²) < 4.78 is 0. The van der Waals surface area contributed by atoms with Crippen molar-refractivity contribution in [1.29, 1.82) is 0 Å². The molecule has 4 N–H and O–H groups in total. The van der Waals surface area contributed by atoms with Crippen molar-refractivity contribution in [1.82, 2.24) is 4.90 Å². The first kappa shape index (κ1) is 24.6. The normalized spacial score (nSPS) is 32.4. The molecule has 6 atom stereocenters. The number of phenolic OH excluding ortho intramolecular Hbond substituents is 1. The topological polar surface area (TPSA) is 172 Å². The number of fused-ring (bicyclic) bond motifs is 3. The Labute approximate surface area is 200 Å². The van der Waals surface area contributed by atoms with Crippen LogP contribution >= 0.6 is 0 Å². The monoisotopic (exact) mass is 482 g/mol. The number of rotatable bonds is 4. The van der Waals surface area contributed by atoms with Crippen LogP contribution in [0.1, 0.15) is 34.8 Å². The molecule has 35 heavy (non-hydrogen) atoms. The number of hydrogen-bond acceptors (Lipinski definition) is 9. The maximum atomic E-state index is 13.7. The van der Waals surface area contributed by atoms with Crippen molar-refractivity contribution in [2.45, 2.75) is 31.4 Å². The molecule has 184 valence electrons. The molecule has 0 radical (unpaired) electrons. The van der Waals surface area contributed by atoms with Gasteiger partial charge in [-0.1, -0.05) is 12.1 Å². The minimum Gasteiger partial charge on any atom is -0.507 e. The highest BCUT2D eigenvalue weighted by molar-refractivity contribution is 6.32. The van der Waals surface area contributed by atoms with Gasteiger partial charge in [-0.25, -0.2) is 0 Å². The zero-order valence-electron chi connectivity index (χ0n) is 19.5. The van der Waals surface area contributed by atoms with Crippen molar-refractivity contribution in [2.75, 3.05) is 14.1 Å². The van der Waals surface area contributed by atoms with Crippen LogP contribution in [0.15, 0.2) is 18.2 Å². The van der Waals surface area contributed by atoms with E-state index in [0.29, 0.717) is 11.1 Å². The number of phenols is 1. The van der Waals surface area contributed by atoms with Gasteiger partial charge in [0.2, 0.25) is 5.91 Å². The number of benzene rings is 1. The van der Waals surface area contributed by atoms with Crippen LogP contribution in [-0.4, -0.2) is 75.7 Å². The lowest BCUT2D eigenvalue weighted by atomic mass is 9.52. The van der Waals surface area contributed by atoms with Crippen LogP contribution in [0.25, 0.3) is 6.08 Å². The van der Waals surface area contributed by atoms with Crippen molar-refractivity contribution in [3.8, 4) is 5.75 Å². The van der Waals surface area contributed by atoms with E-state index in [9.17, 15) is 39.0 Å². The quantitative estimate of drug-likeness (QED) is 0.377. The molecule has 1 aromatic carbocycles. The zero-order valence-corrected chi connectivity index (χ0v) is 19.5. The fourth-order valence-electron chi connectivity index (χ4n) is 5.99. The van der Waals surface area contributed by atoms with Gasteiger partial charge in [0.05, 0.1) is 17.5 Å². The van der Waals surface area contributed by atoms with Gasteiger partial charge in [0.25, 0.3) is 0 Å². The molecule has 0 aliphatic heterocycles. The molecular formula is C25H26N2O8. The zero-order chi connectivity index (χ0) is 26.0. The van der Waals surface area contributed by atoms with Crippen LogP contribution in [0.3, 0.4) is 0 Å². The molecule has 0 bridgehead atoms. The van der Waals surface area contributed by atoms with Gasteiger partial charge in [0.15, 0.2) is 40.4 Å². The summed E-state index contributed by atoms with van der Waals surface area (Å²) in [5.41, 5.74) is 3.39. The van der Waals surface area contributed by atoms with Gasteiger partial charge >= 0.3 is 0 Å².